The van der Waals surface area contributed by atoms with E-state index in [-0.39, 0.29) is 0 Å². The first-order chi connectivity index (χ1) is 9.67. The second kappa shape index (κ2) is 9.95. The fourth-order valence-corrected chi connectivity index (χ4v) is 2.45. The third kappa shape index (κ3) is 6.53. The lowest BCUT2D eigenvalue weighted by atomic mass is 9.99. The third-order valence-corrected chi connectivity index (χ3v) is 3.85. The monoisotopic (exact) mass is 276 g/mol. The maximum absolute atomic E-state index is 3.41. The molecule has 0 amide bonds. The average molecular weight is 276 g/mol. The molecule has 1 atom stereocenters. The number of benzene rings is 1. The number of hydrogen-bond donors (Lipinski definition) is 1. The maximum atomic E-state index is 3.41. The molecule has 0 aromatic heterocycles. The molecule has 1 rings (SSSR count). The van der Waals surface area contributed by atoms with E-state index in [1.165, 1.54) is 36.9 Å². The predicted octanol–water partition coefficient (Wildman–Crippen LogP) is 4.02. The van der Waals surface area contributed by atoms with Gasteiger partial charge in [-0.2, -0.15) is 0 Å². The zero-order chi connectivity index (χ0) is 14.8. The first-order valence-corrected chi connectivity index (χ1v) is 8.15. The van der Waals surface area contributed by atoms with Crippen molar-refractivity contribution in [3.63, 3.8) is 0 Å². The SMILES string of the molecule is CCCCCN(C)Cc1ccc(C(C)CNCC)cc1. The summed E-state index contributed by atoms with van der Waals surface area (Å²) in [4.78, 5) is 2.42. The molecular formula is C18H32N2. The Hall–Kier alpha value is -0.860. The van der Waals surface area contributed by atoms with Crippen molar-refractivity contribution < 1.29 is 0 Å². The molecule has 114 valence electrons. The molecule has 2 nitrogen and oxygen atoms in total. The van der Waals surface area contributed by atoms with Gasteiger partial charge in [0.25, 0.3) is 0 Å². The summed E-state index contributed by atoms with van der Waals surface area (Å²) in [6.45, 7) is 11.1. The molecule has 1 aromatic rings. The Morgan fingerprint density at radius 1 is 1.10 bits per heavy atom. The van der Waals surface area contributed by atoms with Gasteiger partial charge in [0.15, 0.2) is 0 Å². The number of nitrogens with zero attached hydrogens (tertiary/aromatic N) is 1. The predicted molar refractivity (Wildman–Crippen MR) is 89.3 cm³/mol. The fraction of sp³-hybridized carbons (Fsp3) is 0.667. The number of hydrogen-bond acceptors (Lipinski definition) is 2. The van der Waals surface area contributed by atoms with Gasteiger partial charge in [-0.25, -0.2) is 0 Å². The van der Waals surface area contributed by atoms with Gasteiger partial charge >= 0.3 is 0 Å². The van der Waals surface area contributed by atoms with E-state index in [1.54, 1.807) is 0 Å². The third-order valence-electron chi connectivity index (χ3n) is 3.85. The Labute approximate surface area is 125 Å². The van der Waals surface area contributed by atoms with Crippen LogP contribution >= 0.6 is 0 Å². The molecule has 0 fully saturated rings. The maximum Gasteiger partial charge on any atom is 0.0230 e. The van der Waals surface area contributed by atoms with E-state index in [1.807, 2.05) is 0 Å². The average Bonchev–Trinajstić information content (AvgIpc) is 2.46. The van der Waals surface area contributed by atoms with Crippen LogP contribution in [0.1, 0.15) is 57.1 Å². The van der Waals surface area contributed by atoms with Crippen molar-refractivity contribution in [3.8, 4) is 0 Å². The highest BCUT2D eigenvalue weighted by Crippen LogP contribution is 2.16. The molecule has 0 bridgehead atoms. The molecule has 1 N–H and O–H groups in total. The van der Waals surface area contributed by atoms with Crippen LogP contribution in [0.2, 0.25) is 0 Å². The van der Waals surface area contributed by atoms with Gasteiger partial charge < -0.3 is 10.2 Å². The van der Waals surface area contributed by atoms with Crippen molar-refractivity contribution in [2.75, 3.05) is 26.7 Å². The highest BCUT2D eigenvalue weighted by Gasteiger charge is 2.05. The van der Waals surface area contributed by atoms with Gasteiger partial charge in [0, 0.05) is 13.1 Å². The second-order valence-corrected chi connectivity index (χ2v) is 5.90. The van der Waals surface area contributed by atoms with Crippen LogP contribution < -0.4 is 5.32 Å². The summed E-state index contributed by atoms with van der Waals surface area (Å²) >= 11 is 0. The van der Waals surface area contributed by atoms with Gasteiger partial charge in [-0.15, -0.1) is 0 Å². The molecule has 0 saturated carbocycles. The molecule has 0 aliphatic rings. The van der Waals surface area contributed by atoms with Crippen LogP contribution in [0.5, 0.6) is 0 Å². The molecular weight excluding hydrogens is 244 g/mol. The molecule has 0 saturated heterocycles. The number of nitrogens with one attached hydrogen (secondary N) is 1. The van der Waals surface area contributed by atoms with E-state index in [0.717, 1.165) is 19.6 Å². The molecule has 1 unspecified atom stereocenters. The topological polar surface area (TPSA) is 15.3 Å². The van der Waals surface area contributed by atoms with E-state index >= 15 is 0 Å². The van der Waals surface area contributed by atoms with Gasteiger partial charge in [-0.1, -0.05) is 57.9 Å². The summed E-state index contributed by atoms with van der Waals surface area (Å²) in [5.41, 5.74) is 2.85. The molecule has 2 heteroatoms. The van der Waals surface area contributed by atoms with E-state index < -0.39 is 0 Å². The number of likely N-dealkylation sites (N-methyl/N-ethyl adjacent to an activating group) is 1. The Morgan fingerprint density at radius 2 is 1.80 bits per heavy atom. The lowest BCUT2D eigenvalue weighted by molar-refractivity contribution is 0.318. The number of rotatable bonds is 10. The fourth-order valence-electron chi connectivity index (χ4n) is 2.45. The summed E-state index contributed by atoms with van der Waals surface area (Å²) in [5, 5.41) is 3.41. The minimum atomic E-state index is 0.589. The van der Waals surface area contributed by atoms with Crippen molar-refractivity contribution in [1.82, 2.24) is 10.2 Å². The Morgan fingerprint density at radius 3 is 2.40 bits per heavy atom. The Bertz CT molecular complexity index is 345. The first-order valence-electron chi connectivity index (χ1n) is 8.15. The van der Waals surface area contributed by atoms with Crippen molar-refractivity contribution in [2.24, 2.45) is 0 Å². The smallest absolute Gasteiger partial charge is 0.0230 e. The van der Waals surface area contributed by atoms with Crippen LogP contribution in [0, 0.1) is 0 Å². The van der Waals surface area contributed by atoms with E-state index in [0.29, 0.717) is 5.92 Å². The zero-order valence-corrected chi connectivity index (χ0v) is 13.8. The standard InChI is InChI=1S/C18H32N2/c1-5-7-8-13-20(4)15-17-9-11-18(12-10-17)16(3)14-19-6-2/h9-12,16,19H,5-8,13-15H2,1-4H3. The van der Waals surface area contributed by atoms with Gasteiger partial charge in [-0.05, 0) is 43.6 Å². The van der Waals surface area contributed by atoms with Crippen molar-refractivity contribution >= 4 is 0 Å². The van der Waals surface area contributed by atoms with Crippen molar-refractivity contribution in [2.45, 2.75) is 52.5 Å². The normalized spacial score (nSPS) is 12.8. The van der Waals surface area contributed by atoms with Crippen LogP contribution in [0.15, 0.2) is 24.3 Å². The van der Waals surface area contributed by atoms with Crippen LogP contribution in [0.3, 0.4) is 0 Å². The highest BCUT2D eigenvalue weighted by molar-refractivity contribution is 5.25. The van der Waals surface area contributed by atoms with Gasteiger partial charge in [0.2, 0.25) is 0 Å². The van der Waals surface area contributed by atoms with Gasteiger partial charge in [-0.3, -0.25) is 0 Å². The van der Waals surface area contributed by atoms with E-state index in [2.05, 4.69) is 62.3 Å². The van der Waals surface area contributed by atoms with Crippen LogP contribution in [0.25, 0.3) is 0 Å². The lowest BCUT2D eigenvalue weighted by Crippen LogP contribution is -2.20. The molecule has 0 spiro atoms. The minimum Gasteiger partial charge on any atom is -0.316 e. The summed E-state index contributed by atoms with van der Waals surface area (Å²) in [7, 11) is 2.22. The zero-order valence-electron chi connectivity index (χ0n) is 13.8. The van der Waals surface area contributed by atoms with Crippen LogP contribution in [-0.4, -0.2) is 31.6 Å². The van der Waals surface area contributed by atoms with Crippen LogP contribution in [0.4, 0.5) is 0 Å². The van der Waals surface area contributed by atoms with Crippen molar-refractivity contribution in [3.05, 3.63) is 35.4 Å². The van der Waals surface area contributed by atoms with E-state index in [4.69, 9.17) is 0 Å². The molecule has 0 heterocycles. The molecule has 1 aromatic carbocycles. The van der Waals surface area contributed by atoms with Gasteiger partial charge in [0.05, 0.1) is 0 Å². The largest absolute Gasteiger partial charge is 0.316 e. The molecule has 0 aliphatic heterocycles. The minimum absolute atomic E-state index is 0.589. The van der Waals surface area contributed by atoms with Crippen LogP contribution in [-0.2, 0) is 6.54 Å². The molecule has 0 radical (unpaired) electrons. The Balaban J connectivity index is 2.41. The second-order valence-electron chi connectivity index (χ2n) is 5.90. The summed E-state index contributed by atoms with van der Waals surface area (Å²) < 4.78 is 0. The molecule has 0 aliphatic carbocycles. The first kappa shape index (κ1) is 17.2. The van der Waals surface area contributed by atoms with Gasteiger partial charge in [0.1, 0.15) is 0 Å². The van der Waals surface area contributed by atoms with Crippen molar-refractivity contribution in [1.29, 1.82) is 0 Å². The summed E-state index contributed by atoms with van der Waals surface area (Å²) in [6, 6.07) is 9.15. The Kier molecular flexibility index (Phi) is 8.56. The summed E-state index contributed by atoms with van der Waals surface area (Å²) in [6.07, 6.45) is 3.95. The highest BCUT2D eigenvalue weighted by atomic mass is 15.1. The molecule has 20 heavy (non-hydrogen) atoms. The summed E-state index contributed by atoms with van der Waals surface area (Å²) in [5.74, 6) is 0.589. The van der Waals surface area contributed by atoms with E-state index in [9.17, 15) is 0 Å². The lowest BCUT2D eigenvalue weighted by Gasteiger charge is -2.17. The quantitative estimate of drug-likeness (QED) is 0.649. The number of unbranched alkanes of at least 4 members (excludes halogenated alkanes) is 2.